The second-order valence-corrected chi connectivity index (χ2v) is 4.97. The third kappa shape index (κ3) is 2.32. The van der Waals surface area contributed by atoms with Gasteiger partial charge in [-0.2, -0.15) is 0 Å². The van der Waals surface area contributed by atoms with E-state index in [-0.39, 0.29) is 0 Å². The Morgan fingerprint density at radius 1 is 1.36 bits per heavy atom. The van der Waals surface area contributed by atoms with Gasteiger partial charge in [0.25, 0.3) is 0 Å². The monoisotopic (exact) mass is 260 g/mol. The van der Waals surface area contributed by atoms with Crippen LogP contribution in [0.4, 0.5) is 8.78 Å². The van der Waals surface area contributed by atoms with E-state index < -0.39 is 11.6 Å². The maximum absolute atomic E-state index is 13.2. The van der Waals surface area contributed by atoms with Gasteiger partial charge in [-0.3, -0.25) is 0 Å². The highest BCUT2D eigenvalue weighted by Gasteiger charge is 2.29. The minimum absolute atomic E-state index is 0.336. The molecule has 1 aliphatic carbocycles. The summed E-state index contributed by atoms with van der Waals surface area (Å²) >= 11 is 3.53. The van der Waals surface area contributed by atoms with Gasteiger partial charge >= 0.3 is 0 Å². The SMILES string of the molecule is Fc1ccc(CC(Br)C2CC2)c(F)c1. The molecular formula is C11H11BrF2. The topological polar surface area (TPSA) is 0 Å². The first-order valence-corrected chi connectivity index (χ1v) is 5.66. The van der Waals surface area contributed by atoms with Crippen LogP contribution in [0.15, 0.2) is 18.2 Å². The van der Waals surface area contributed by atoms with E-state index in [0.29, 0.717) is 22.7 Å². The summed E-state index contributed by atoms with van der Waals surface area (Å²) in [5, 5.41) is 0. The minimum atomic E-state index is -0.510. The van der Waals surface area contributed by atoms with E-state index >= 15 is 0 Å². The van der Waals surface area contributed by atoms with Crippen molar-refractivity contribution < 1.29 is 8.78 Å². The molecule has 1 aliphatic rings. The van der Waals surface area contributed by atoms with Crippen LogP contribution in [0.25, 0.3) is 0 Å². The van der Waals surface area contributed by atoms with Gasteiger partial charge in [0.15, 0.2) is 0 Å². The van der Waals surface area contributed by atoms with Crippen molar-refractivity contribution >= 4 is 15.9 Å². The Bertz CT molecular complexity index is 334. The summed E-state index contributed by atoms with van der Waals surface area (Å²) in [5.41, 5.74) is 0.597. The molecule has 0 aromatic heterocycles. The molecule has 0 heterocycles. The Hall–Kier alpha value is -0.440. The second-order valence-electron chi connectivity index (χ2n) is 3.79. The fourth-order valence-electron chi connectivity index (χ4n) is 1.52. The van der Waals surface area contributed by atoms with E-state index in [1.54, 1.807) is 0 Å². The first-order chi connectivity index (χ1) is 6.66. The smallest absolute Gasteiger partial charge is 0.129 e. The number of halogens is 3. The van der Waals surface area contributed by atoms with Crippen LogP contribution in [-0.4, -0.2) is 4.83 Å². The molecule has 0 spiro atoms. The summed E-state index contributed by atoms with van der Waals surface area (Å²) in [6, 6.07) is 3.79. The summed E-state index contributed by atoms with van der Waals surface area (Å²) < 4.78 is 25.8. The number of alkyl halides is 1. The standard InChI is InChI=1S/C11H11BrF2/c12-10(7-1-2-7)5-8-3-4-9(13)6-11(8)14/h3-4,6-7,10H,1-2,5H2. The Kier molecular flexibility index (Phi) is 2.86. The number of rotatable bonds is 3. The van der Waals surface area contributed by atoms with Gasteiger partial charge in [0.05, 0.1) is 0 Å². The van der Waals surface area contributed by atoms with Crippen molar-refractivity contribution in [1.82, 2.24) is 0 Å². The number of hydrogen-bond acceptors (Lipinski definition) is 0. The summed E-state index contributed by atoms with van der Waals surface area (Å²) in [6.45, 7) is 0. The molecule has 1 unspecified atom stereocenters. The van der Waals surface area contributed by atoms with Crippen molar-refractivity contribution in [3.05, 3.63) is 35.4 Å². The molecule has 76 valence electrons. The number of benzene rings is 1. The van der Waals surface area contributed by atoms with Crippen LogP contribution < -0.4 is 0 Å². The molecule has 0 bridgehead atoms. The Morgan fingerprint density at radius 3 is 2.64 bits per heavy atom. The maximum atomic E-state index is 13.2. The predicted octanol–water partition coefficient (Wildman–Crippen LogP) is 3.68. The normalized spacial score (nSPS) is 18.2. The van der Waals surface area contributed by atoms with Gasteiger partial charge in [-0.05, 0) is 36.8 Å². The van der Waals surface area contributed by atoms with Crippen LogP contribution in [0.2, 0.25) is 0 Å². The Morgan fingerprint density at radius 2 is 2.07 bits per heavy atom. The third-order valence-corrected chi connectivity index (χ3v) is 3.63. The van der Waals surface area contributed by atoms with E-state index in [1.165, 1.54) is 25.0 Å². The van der Waals surface area contributed by atoms with Gasteiger partial charge in [0, 0.05) is 10.9 Å². The zero-order valence-electron chi connectivity index (χ0n) is 7.64. The highest BCUT2D eigenvalue weighted by atomic mass is 79.9. The van der Waals surface area contributed by atoms with Crippen molar-refractivity contribution in [3.63, 3.8) is 0 Å². The highest BCUT2D eigenvalue weighted by molar-refractivity contribution is 9.09. The molecule has 0 saturated heterocycles. The molecule has 1 saturated carbocycles. The van der Waals surface area contributed by atoms with E-state index in [2.05, 4.69) is 15.9 Å². The summed E-state index contributed by atoms with van der Waals surface area (Å²) in [4.78, 5) is 0.336. The van der Waals surface area contributed by atoms with E-state index in [4.69, 9.17) is 0 Å². The van der Waals surface area contributed by atoms with Crippen LogP contribution >= 0.6 is 15.9 Å². The van der Waals surface area contributed by atoms with Crippen LogP contribution in [0, 0.1) is 17.6 Å². The van der Waals surface area contributed by atoms with Gasteiger partial charge < -0.3 is 0 Å². The molecule has 0 nitrogen and oxygen atoms in total. The summed E-state index contributed by atoms with van der Waals surface area (Å²) in [7, 11) is 0. The van der Waals surface area contributed by atoms with Gasteiger partial charge in [0.1, 0.15) is 11.6 Å². The third-order valence-electron chi connectivity index (χ3n) is 2.56. The zero-order valence-corrected chi connectivity index (χ0v) is 9.23. The van der Waals surface area contributed by atoms with Crippen LogP contribution in [0.5, 0.6) is 0 Å². The molecule has 1 atom stereocenters. The molecule has 1 aromatic carbocycles. The summed E-state index contributed by atoms with van der Waals surface area (Å²) in [6.07, 6.45) is 3.09. The van der Waals surface area contributed by atoms with E-state index in [1.807, 2.05) is 0 Å². The molecule has 0 amide bonds. The van der Waals surface area contributed by atoms with Gasteiger partial charge in [-0.1, -0.05) is 22.0 Å². The van der Waals surface area contributed by atoms with Gasteiger partial charge in [-0.25, -0.2) is 8.78 Å². The molecule has 2 rings (SSSR count). The van der Waals surface area contributed by atoms with E-state index in [9.17, 15) is 8.78 Å². The Labute approximate surface area is 90.4 Å². The lowest BCUT2D eigenvalue weighted by atomic mass is 10.1. The van der Waals surface area contributed by atoms with Gasteiger partial charge in [-0.15, -0.1) is 0 Å². The van der Waals surface area contributed by atoms with Crippen molar-refractivity contribution in [2.24, 2.45) is 5.92 Å². The molecule has 0 radical (unpaired) electrons. The first-order valence-electron chi connectivity index (χ1n) is 4.75. The fraction of sp³-hybridized carbons (Fsp3) is 0.455. The highest BCUT2D eigenvalue weighted by Crippen LogP contribution is 2.38. The zero-order chi connectivity index (χ0) is 10.1. The first kappa shape index (κ1) is 10.1. The van der Waals surface area contributed by atoms with E-state index in [0.717, 1.165) is 6.07 Å². The summed E-state index contributed by atoms with van der Waals surface area (Å²) in [5.74, 6) is -0.265. The average Bonchev–Trinajstić information content (AvgIpc) is 2.92. The maximum Gasteiger partial charge on any atom is 0.129 e. The Balaban J connectivity index is 2.07. The molecule has 0 aliphatic heterocycles. The van der Waals surface area contributed by atoms with Crippen LogP contribution in [0.3, 0.4) is 0 Å². The molecule has 1 fully saturated rings. The molecule has 1 aromatic rings. The lowest BCUT2D eigenvalue weighted by molar-refractivity contribution is 0.568. The average molecular weight is 261 g/mol. The quantitative estimate of drug-likeness (QED) is 0.728. The molecule has 3 heteroatoms. The minimum Gasteiger partial charge on any atom is -0.207 e. The van der Waals surface area contributed by atoms with Crippen molar-refractivity contribution in [2.75, 3.05) is 0 Å². The molecule has 14 heavy (non-hydrogen) atoms. The molecular weight excluding hydrogens is 250 g/mol. The lowest BCUT2D eigenvalue weighted by Crippen LogP contribution is -2.06. The predicted molar refractivity (Wildman–Crippen MR) is 55.5 cm³/mol. The fourth-order valence-corrected chi connectivity index (χ4v) is 2.40. The van der Waals surface area contributed by atoms with Crippen molar-refractivity contribution in [1.29, 1.82) is 0 Å². The van der Waals surface area contributed by atoms with Crippen molar-refractivity contribution in [2.45, 2.75) is 24.1 Å². The van der Waals surface area contributed by atoms with Crippen LogP contribution in [0.1, 0.15) is 18.4 Å². The van der Waals surface area contributed by atoms with Crippen molar-refractivity contribution in [3.8, 4) is 0 Å². The van der Waals surface area contributed by atoms with Gasteiger partial charge in [0.2, 0.25) is 0 Å². The molecule has 0 N–H and O–H groups in total. The number of hydrogen-bond donors (Lipinski definition) is 0. The lowest BCUT2D eigenvalue weighted by Gasteiger charge is -2.08. The largest absolute Gasteiger partial charge is 0.207 e. The second kappa shape index (κ2) is 3.97. The van der Waals surface area contributed by atoms with Crippen LogP contribution in [-0.2, 0) is 6.42 Å².